The number of halogens is 2. The summed E-state index contributed by atoms with van der Waals surface area (Å²) in [5.74, 6) is -2.21. The average molecular weight is 400 g/mol. The van der Waals surface area contributed by atoms with Gasteiger partial charge >= 0.3 is 5.69 Å². The van der Waals surface area contributed by atoms with E-state index in [1.165, 1.54) is 24.3 Å². The maximum Gasteiger partial charge on any atom is 0.356 e. The van der Waals surface area contributed by atoms with Crippen molar-refractivity contribution in [1.82, 2.24) is 7.94 Å². The fourth-order valence-electron chi connectivity index (χ4n) is 2.23. The molecule has 0 amide bonds. The zero-order chi connectivity index (χ0) is 19.1. The predicted molar refractivity (Wildman–Crippen MR) is 86.7 cm³/mol. The first-order valence-corrected chi connectivity index (χ1v) is 9.85. The van der Waals surface area contributed by atoms with E-state index in [1.54, 1.807) is 0 Å². The van der Waals surface area contributed by atoms with Crippen molar-refractivity contribution >= 4 is 20.0 Å². The highest BCUT2D eigenvalue weighted by molar-refractivity contribution is 7.90. The highest BCUT2D eigenvalue weighted by atomic mass is 32.2. The molecule has 0 saturated carbocycles. The van der Waals surface area contributed by atoms with E-state index in [-0.39, 0.29) is 7.94 Å². The van der Waals surface area contributed by atoms with Crippen LogP contribution >= 0.6 is 0 Å². The Balaban J connectivity index is 2.20. The van der Waals surface area contributed by atoms with Gasteiger partial charge in [-0.2, -0.15) is 7.94 Å². The van der Waals surface area contributed by atoms with Crippen LogP contribution in [0.1, 0.15) is 0 Å². The van der Waals surface area contributed by atoms with Crippen LogP contribution in [0.2, 0.25) is 0 Å². The number of hydrogen-bond donors (Lipinski definition) is 0. The molecule has 0 bridgehead atoms. The molecule has 0 unspecified atom stereocenters. The molecule has 1 heterocycles. The molecule has 0 aliphatic heterocycles. The average Bonchev–Trinajstić information content (AvgIpc) is 2.98. The van der Waals surface area contributed by atoms with Crippen LogP contribution in [-0.4, -0.2) is 24.8 Å². The van der Waals surface area contributed by atoms with Gasteiger partial charge in [0.05, 0.1) is 0 Å². The van der Waals surface area contributed by atoms with Crippen LogP contribution in [0.3, 0.4) is 0 Å². The van der Waals surface area contributed by atoms with E-state index >= 15 is 0 Å². The molecule has 0 aliphatic rings. The lowest BCUT2D eigenvalue weighted by atomic mass is 10.4. The van der Waals surface area contributed by atoms with Gasteiger partial charge in [-0.25, -0.2) is 30.4 Å². The van der Waals surface area contributed by atoms with Crippen LogP contribution in [0, 0.1) is 11.6 Å². The maximum absolute atomic E-state index is 13.8. The molecule has 0 atom stereocenters. The van der Waals surface area contributed by atoms with Crippen LogP contribution in [0.5, 0.6) is 0 Å². The first kappa shape index (κ1) is 18.0. The van der Waals surface area contributed by atoms with Crippen molar-refractivity contribution < 1.29 is 25.6 Å². The smallest absolute Gasteiger partial charge is 0.245 e. The van der Waals surface area contributed by atoms with Gasteiger partial charge in [0.15, 0.2) is 0 Å². The molecular formula is C15H10F2N2O5S2. The minimum atomic E-state index is -4.68. The summed E-state index contributed by atoms with van der Waals surface area (Å²) in [4.78, 5) is 10.7. The molecule has 7 nitrogen and oxygen atoms in total. The van der Waals surface area contributed by atoms with Crippen molar-refractivity contribution in [2.45, 2.75) is 9.79 Å². The first-order valence-electron chi connectivity index (χ1n) is 6.97. The van der Waals surface area contributed by atoms with Crippen molar-refractivity contribution in [3.63, 3.8) is 0 Å². The van der Waals surface area contributed by atoms with E-state index in [2.05, 4.69) is 0 Å². The number of nitrogens with zero attached hydrogens (tertiary/aromatic N) is 2. The van der Waals surface area contributed by atoms with Crippen LogP contribution in [0.15, 0.2) is 75.5 Å². The lowest BCUT2D eigenvalue weighted by Gasteiger charge is -2.07. The SMILES string of the molecule is O=c1n(S(=O)(=O)c2ccccc2F)ccn1S(=O)(=O)c1ccccc1F. The minimum absolute atomic E-state index is 0.0732. The lowest BCUT2D eigenvalue weighted by Crippen LogP contribution is -2.33. The minimum Gasteiger partial charge on any atom is -0.245 e. The van der Waals surface area contributed by atoms with Gasteiger partial charge in [0.2, 0.25) is 0 Å². The van der Waals surface area contributed by atoms with Gasteiger partial charge in [0.1, 0.15) is 21.4 Å². The summed E-state index contributed by atoms with van der Waals surface area (Å²) in [6.45, 7) is 0. The zero-order valence-corrected chi connectivity index (χ0v) is 14.4. The predicted octanol–water partition coefficient (Wildman–Crippen LogP) is 1.40. The summed E-state index contributed by atoms with van der Waals surface area (Å²) in [7, 11) is -9.36. The third kappa shape index (κ3) is 2.74. The van der Waals surface area contributed by atoms with Crippen molar-refractivity contribution in [3.8, 4) is 0 Å². The van der Waals surface area contributed by atoms with Crippen LogP contribution in [0.4, 0.5) is 8.78 Å². The second-order valence-corrected chi connectivity index (χ2v) is 8.61. The Bertz CT molecular complexity index is 1160. The Morgan fingerprint density at radius 1 is 0.654 bits per heavy atom. The summed E-state index contributed by atoms with van der Waals surface area (Å²) in [6, 6.07) is 8.62. The van der Waals surface area contributed by atoms with E-state index in [0.29, 0.717) is 12.4 Å². The van der Waals surface area contributed by atoms with Gasteiger partial charge in [-0.15, -0.1) is 0 Å². The van der Waals surface area contributed by atoms with Gasteiger partial charge in [0, 0.05) is 12.4 Å². The third-order valence-corrected chi connectivity index (χ3v) is 6.83. The summed E-state index contributed by atoms with van der Waals surface area (Å²) in [6.07, 6.45) is 1.31. The highest BCUT2D eigenvalue weighted by Crippen LogP contribution is 2.18. The van der Waals surface area contributed by atoms with E-state index < -0.39 is 47.2 Å². The van der Waals surface area contributed by atoms with E-state index in [0.717, 1.165) is 24.3 Å². The summed E-state index contributed by atoms with van der Waals surface area (Å²) in [5, 5.41) is 0. The molecule has 11 heteroatoms. The van der Waals surface area contributed by atoms with Crippen molar-refractivity contribution in [1.29, 1.82) is 0 Å². The maximum atomic E-state index is 13.8. The number of rotatable bonds is 4. The topological polar surface area (TPSA) is 95.2 Å². The van der Waals surface area contributed by atoms with Crippen LogP contribution in [-0.2, 0) is 20.0 Å². The van der Waals surface area contributed by atoms with Crippen LogP contribution < -0.4 is 5.69 Å². The van der Waals surface area contributed by atoms with E-state index in [1.807, 2.05) is 0 Å². The van der Waals surface area contributed by atoms with Crippen molar-refractivity contribution in [2.75, 3.05) is 0 Å². The fourth-order valence-corrected chi connectivity index (χ4v) is 4.85. The quantitative estimate of drug-likeness (QED) is 0.660. The Labute approximate surface area is 146 Å². The molecule has 1 aromatic heterocycles. The summed E-state index contributed by atoms with van der Waals surface area (Å²) >= 11 is 0. The molecule has 3 aromatic rings. The normalized spacial score (nSPS) is 12.2. The van der Waals surface area contributed by atoms with Gasteiger partial charge < -0.3 is 0 Å². The third-order valence-electron chi connectivity index (χ3n) is 3.46. The molecule has 136 valence electrons. The molecule has 0 aliphatic carbocycles. The number of benzene rings is 2. The van der Waals surface area contributed by atoms with Gasteiger partial charge in [-0.1, -0.05) is 24.3 Å². The van der Waals surface area contributed by atoms with Crippen LogP contribution in [0.25, 0.3) is 0 Å². The number of aromatic nitrogens is 2. The molecule has 3 rings (SSSR count). The monoisotopic (exact) mass is 400 g/mol. The van der Waals surface area contributed by atoms with Crippen molar-refractivity contribution in [3.05, 3.63) is 83.0 Å². The number of hydrogen-bond acceptors (Lipinski definition) is 5. The molecule has 0 saturated heterocycles. The largest absolute Gasteiger partial charge is 0.356 e. The standard InChI is InChI=1S/C15H10F2N2O5S2/c16-11-5-1-3-7-13(11)25(21,22)18-9-10-19(15(18)20)26(23,24)14-8-4-2-6-12(14)17/h1-10H. The molecule has 26 heavy (non-hydrogen) atoms. The highest BCUT2D eigenvalue weighted by Gasteiger charge is 2.29. The van der Waals surface area contributed by atoms with Gasteiger partial charge in [0.25, 0.3) is 20.0 Å². The second kappa shape index (κ2) is 6.18. The summed E-state index contributed by atoms with van der Waals surface area (Å²) in [5.41, 5.74) is -1.50. The molecular weight excluding hydrogens is 390 g/mol. The Morgan fingerprint density at radius 3 is 1.35 bits per heavy atom. The molecule has 0 N–H and O–H groups in total. The molecule has 0 fully saturated rings. The fraction of sp³-hybridized carbons (Fsp3) is 0. The Hall–Kier alpha value is -2.79. The number of imidazole rings is 1. The van der Waals surface area contributed by atoms with E-state index in [9.17, 15) is 30.4 Å². The lowest BCUT2D eigenvalue weighted by molar-refractivity contribution is 0.557. The van der Waals surface area contributed by atoms with E-state index in [4.69, 9.17) is 0 Å². The second-order valence-electron chi connectivity index (χ2n) is 5.04. The Morgan fingerprint density at radius 2 is 1.00 bits per heavy atom. The zero-order valence-electron chi connectivity index (χ0n) is 12.8. The first-order chi connectivity index (χ1) is 12.2. The van der Waals surface area contributed by atoms with Gasteiger partial charge in [-0.05, 0) is 24.3 Å². The van der Waals surface area contributed by atoms with Gasteiger partial charge in [-0.3, -0.25) is 0 Å². The molecule has 0 radical (unpaired) electrons. The molecule has 2 aromatic carbocycles. The Kier molecular flexibility index (Phi) is 4.28. The van der Waals surface area contributed by atoms with Crippen molar-refractivity contribution in [2.24, 2.45) is 0 Å². The summed E-state index contributed by atoms with van der Waals surface area (Å²) < 4.78 is 77.6. The molecule has 0 spiro atoms.